The van der Waals surface area contributed by atoms with E-state index in [-0.39, 0.29) is 12.5 Å². The van der Waals surface area contributed by atoms with Crippen molar-refractivity contribution < 1.29 is 14.6 Å². The van der Waals surface area contributed by atoms with Gasteiger partial charge in [0.05, 0.1) is 6.10 Å². The molecule has 2 aromatic rings. The monoisotopic (exact) mass is 299 g/mol. The van der Waals surface area contributed by atoms with Gasteiger partial charge in [0.15, 0.2) is 6.61 Å². The zero-order valence-corrected chi connectivity index (χ0v) is 13.1. The lowest BCUT2D eigenvalue weighted by Crippen LogP contribution is -2.20. The molecule has 0 heterocycles. The summed E-state index contributed by atoms with van der Waals surface area (Å²) in [6.45, 7) is 5.59. The number of rotatable bonds is 5. The Morgan fingerprint density at radius 2 is 1.95 bits per heavy atom. The van der Waals surface area contributed by atoms with Gasteiger partial charge in [-0.1, -0.05) is 24.3 Å². The number of carbonyl (C=O) groups excluding carboxylic acids is 1. The van der Waals surface area contributed by atoms with E-state index in [4.69, 9.17) is 4.74 Å². The lowest BCUT2D eigenvalue weighted by Gasteiger charge is -2.12. The summed E-state index contributed by atoms with van der Waals surface area (Å²) >= 11 is 0. The fourth-order valence-electron chi connectivity index (χ4n) is 2.09. The normalized spacial score (nSPS) is 11.8. The van der Waals surface area contributed by atoms with Crippen LogP contribution in [-0.4, -0.2) is 17.6 Å². The summed E-state index contributed by atoms with van der Waals surface area (Å²) in [7, 11) is 0. The van der Waals surface area contributed by atoms with Gasteiger partial charge in [-0.05, 0) is 55.7 Å². The molecule has 0 saturated heterocycles. The zero-order chi connectivity index (χ0) is 16.1. The first-order valence-corrected chi connectivity index (χ1v) is 7.24. The smallest absolute Gasteiger partial charge is 0.262 e. The van der Waals surface area contributed by atoms with Gasteiger partial charge < -0.3 is 15.2 Å². The third kappa shape index (κ3) is 4.09. The lowest BCUT2D eigenvalue weighted by atomic mass is 10.1. The van der Waals surface area contributed by atoms with Gasteiger partial charge in [-0.3, -0.25) is 4.79 Å². The maximum Gasteiger partial charge on any atom is 0.262 e. The summed E-state index contributed by atoms with van der Waals surface area (Å²) in [5.41, 5.74) is 3.73. The molecule has 4 nitrogen and oxygen atoms in total. The minimum absolute atomic E-state index is 0.0728. The molecule has 116 valence electrons. The molecule has 1 unspecified atom stereocenters. The van der Waals surface area contributed by atoms with Gasteiger partial charge in [-0.25, -0.2) is 0 Å². The molecule has 0 spiro atoms. The minimum atomic E-state index is -0.563. The van der Waals surface area contributed by atoms with Crippen LogP contribution in [0.1, 0.15) is 29.7 Å². The fourth-order valence-corrected chi connectivity index (χ4v) is 2.09. The van der Waals surface area contributed by atoms with Crippen molar-refractivity contribution in [2.45, 2.75) is 26.9 Å². The van der Waals surface area contributed by atoms with Gasteiger partial charge >= 0.3 is 0 Å². The number of aliphatic hydroxyl groups is 1. The van der Waals surface area contributed by atoms with Crippen molar-refractivity contribution in [3.8, 4) is 5.75 Å². The highest BCUT2D eigenvalue weighted by molar-refractivity contribution is 5.92. The molecule has 0 bridgehead atoms. The number of nitrogens with one attached hydrogen (secondary N) is 1. The van der Waals surface area contributed by atoms with E-state index in [0.717, 1.165) is 22.4 Å². The first-order valence-electron chi connectivity index (χ1n) is 7.24. The van der Waals surface area contributed by atoms with Gasteiger partial charge in [0.25, 0.3) is 5.91 Å². The fraction of sp³-hybridized carbons (Fsp3) is 0.278. The third-order valence-electron chi connectivity index (χ3n) is 3.59. The van der Waals surface area contributed by atoms with Crippen LogP contribution in [-0.2, 0) is 4.79 Å². The van der Waals surface area contributed by atoms with Crippen LogP contribution in [0, 0.1) is 13.8 Å². The van der Waals surface area contributed by atoms with Crippen molar-refractivity contribution in [3.63, 3.8) is 0 Å². The van der Waals surface area contributed by atoms with E-state index in [1.807, 2.05) is 38.1 Å². The summed E-state index contributed by atoms with van der Waals surface area (Å²) < 4.78 is 5.48. The molecule has 0 aromatic heterocycles. The molecule has 22 heavy (non-hydrogen) atoms. The summed E-state index contributed by atoms with van der Waals surface area (Å²) in [6.07, 6.45) is -0.563. The quantitative estimate of drug-likeness (QED) is 0.890. The summed E-state index contributed by atoms with van der Waals surface area (Å²) in [4.78, 5) is 12.0. The Balaban J connectivity index is 1.96. The molecule has 0 radical (unpaired) electrons. The van der Waals surface area contributed by atoms with Crippen LogP contribution in [0.25, 0.3) is 0 Å². The lowest BCUT2D eigenvalue weighted by molar-refractivity contribution is -0.118. The number of aryl methyl sites for hydroxylation is 1. The molecule has 0 fully saturated rings. The predicted octanol–water partition coefficient (Wildman–Crippen LogP) is 3.37. The van der Waals surface area contributed by atoms with Crippen molar-refractivity contribution in [1.29, 1.82) is 0 Å². The molecule has 0 aliphatic rings. The predicted molar refractivity (Wildman–Crippen MR) is 87.1 cm³/mol. The first-order chi connectivity index (χ1) is 10.5. The molecule has 4 heteroatoms. The molecular weight excluding hydrogens is 278 g/mol. The zero-order valence-electron chi connectivity index (χ0n) is 13.1. The maximum atomic E-state index is 12.0. The van der Waals surface area contributed by atoms with Crippen LogP contribution in [0.2, 0.25) is 0 Å². The number of carbonyl (C=O) groups is 1. The largest absolute Gasteiger partial charge is 0.484 e. The summed E-state index contributed by atoms with van der Waals surface area (Å²) in [5.74, 6) is 0.352. The summed E-state index contributed by atoms with van der Waals surface area (Å²) in [6, 6.07) is 12.9. The van der Waals surface area contributed by atoms with Crippen LogP contribution in [0.5, 0.6) is 5.75 Å². The molecule has 1 atom stereocenters. The Hall–Kier alpha value is -2.33. The van der Waals surface area contributed by atoms with Crippen molar-refractivity contribution in [2.75, 3.05) is 11.9 Å². The van der Waals surface area contributed by atoms with E-state index < -0.39 is 6.10 Å². The Labute approximate surface area is 130 Å². The number of anilines is 1. The molecule has 0 saturated carbocycles. The van der Waals surface area contributed by atoms with Gasteiger partial charge in [0.1, 0.15) is 5.75 Å². The second-order valence-corrected chi connectivity index (χ2v) is 5.33. The topological polar surface area (TPSA) is 58.6 Å². The van der Waals surface area contributed by atoms with Crippen molar-refractivity contribution in [1.82, 2.24) is 0 Å². The highest BCUT2D eigenvalue weighted by Gasteiger charge is 2.08. The Kier molecular flexibility index (Phi) is 5.17. The molecule has 1 amide bonds. The van der Waals surface area contributed by atoms with Gasteiger partial charge in [-0.2, -0.15) is 0 Å². The van der Waals surface area contributed by atoms with E-state index in [1.165, 1.54) is 0 Å². The molecule has 2 rings (SSSR count). The summed E-state index contributed by atoms with van der Waals surface area (Å²) in [5, 5.41) is 12.4. The number of hydrogen-bond acceptors (Lipinski definition) is 3. The molecule has 2 N–H and O–H groups in total. The Morgan fingerprint density at radius 3 is 2.68 bits per heavy atom. The van der Waals surface area contributed by atoms with E-state index in [1.54, 1.807) is 25.1 Å². The van der Waals surface area contributed by atoms with Crippen LogP contribution < -0.4 is 10.1 Å². The van der Waals surface area contributed by atoms with Gasteiger partial charge in [0.2, 0.25) is 0 Å². The molecular formula is C18H21NO3. The van der Waals surface area contributed by atoms with Crippen molar-refractivity contribution in [3.05, 3.63) is 59.2 Å². The second-order valence-electron chi connectivity index (χ2n) is 5.33. The second kappa shape index (κ2) is 7.09. The van der Waals surface area contributed by atoms with Crippen LogP contribution in [0.3, 0.4) is 0 Å². The molecule has 2 aromatic carbocycles. The van der Waals surface area contributed by atoms with Gasteiger partial charge in [0, 0.05) is 5.69 Å². The number of hydrogen-bond donors (Lipinski definition) is 2. The molecule has 0 aliphatic carbocycles. The van der Waals surface area contributed by atoms with E-state index in [0.29, 0.717) is 5.75 Å². The van der Waals surface area contributed by atoms with Crippen LogP contribution >= 0.6 is 0 Å². The number of ether oxygens (including phenoxy) is 1. The van der Waals surface area contributed by atoms with E-state index in [9.17, 15) is 9.90 Å². The average Bonchev–Trinajstić information content (AvgIpc) is 2.50. The standard InChI is InChI=1S/C18H21NO3/c1-12-6-4-9-17(13(12)2)19-18(21)11-22-16-8-5-7-15(10-16)14(3)20/h4-10,14,20H,11H2,1-3H3,(H,19,21). The van der Waals surface area contributed by atoms with Crippen LogP contribution in [0.15, 0.2) is 42.5 Å². The van der Waals surface area contributed by atoms with Gasteiger partial charge in [-0.15, -0.1) is 0 Å². The number of aliphatic hydroxyl groups excluding tert-OH is 1. The minimum Gasteiger partial charge on any atom is -0.484 e. The third-order valence-corrected chi connectivity index (χ3v) is 3.59. The number of benzene rings is 2. The highest BCUT2D eigenvalue weighted by Crippen LogP contribution is 2.20. The van der Waals surface area contributed by atoms with E-state index in [2.05, 4.69) is 5.32 Å². The van der Waals surface area contributed by atoms with Crippen molar-refractivity contribution >= 4 is 11.6 Å². The maximum absolute atomic E-state index is 12.0. The highest BCUT2D eigenvalue weighted by atomic mass is 16.5. The molecule has 0 aliphatic heterocycles. The Bertz CT molecular complexity index is 665. The van der Waals surface area contributed by atoms with Crippen molar-refractivity contribution in [2.24, 2.45) is 0 Å². The Morgan fingerprint density at radius 1 is 1.23 bits per heavy atom. The average molecular weight is 299 g/mol. The number of amides is 1. The SMILES string of the molecule is Cc1cccc(NC(=O)COc2cccc(C(C)O)c2)c1C. The first kappa shape index (κ1) is 16.0. The van der Waals surface area contributed by atoms with E-state index >= 15 is 0 Å². The van der Waals surface area contributed by atoms with Crippen LogP contribution in [0.4, 0.5) is 5.69 Å².